The summed E-state index contributed by atoms with van der Waals surface area (Å²) in [5.74, 6) is -0.200. The van der Waals surface area contributed by atoms with Crippen LogP contribution in [0.25, 0.3) is 0 Å². The Balaban J connectivity index is 2.74. The molecule has 0 spiro atoms. The summed E-state index contributed by atoms with van der Waals surface area (Å²) in [4.78, 5) is 12.1. The van der Waals surface area contributed by atoms with Crippen molar-refractivity contribution >= 4 is 31.7 Å². The number of hydrogen-bond donors (Lipinski definition) is 1. The smallest absolute Gasteiger partial charge is 0.251 e. The molecule has 1 rings (SSSR count). The molecule has 6 heteroatoms. The quantitative estimate of drug-likeness (QED) is 0.830. The van der Waals surface area contributed by atoms with E-state index in [9.17, 15) is 13.2 Å². The molecule has 0 aromatic heterocycles. The van der Waals surface area contributed by atoms with Crippen LogP contribution in [0.15, 0.2) is 29.2 Å². The topological polar surface area (TPSA) is 63.2 Å². The Labute approximate surface area is 122 Å². The maximum Gasteiger partial charge on any atom is 0.251 e. The third kappa shape index (κ3) is 4.95. The average molecular weight is 348 g/mol. The third-order valence-corrected chi connectivity index (χ3v) is 5.28. The van der Waals surface area contributed by atoms with Crippen LogP contribution in [-0.4, -0.2) is 32.5 Å². The minimum atomic E-state index is -3.22. The first-order valence-corrected chi connectivity index (χ1v) is 8.81. The van der Waals surface area contributed by atoms with Crippen LogP contribution >= 0.6 is 15.9 Å². The Morgan fingerprint density at radius 2 is 1.79 bits per heavy atom. The van der Waals surface area contributed by atoms with Crippen molar-refractivity contribution in [1.82, 2.24) is 5.32 Å². The van der Waals surface area contributed by atoms with Crippen LogP contribution in [0.1, 0.15) is 24.2 Å². The number of rotatable bonds is 5. The summed E-state index contributed by atoms with van der Waals surface area (Å²) in [6, 6.07) is 5.93. The van der Waals surface area contributed by atoms with Gasteiger partial charge in [0.05, 0.1) is 4.90 Å². The van der Waals surface area contributed by atoms with E-state index in [0.29, 0.717) is 12.1 Å². The molecule has 0 fully saturated rings. The van der Waals surface area contributed by atoms with Crippen LogP contribution in [0.4, 0.5) is 0 Å². The van der Waals surface area contributed by atoms with Gasteiger partial charge >= 0.3 is 0 Å². The zero-order valence-electron chi connectivity index (χ0n) is 11.2. The minimum absolute atomic E-state index is 0.0254. The highest BCUT2D eigenvalue weighted by Crippen LogP contribution is 2.17. The summed E-state index contributed by atoms with van der Waals surface area (Å²) in [6.45, 7) is 4.62. The fourth-order valence-electron chi connectivity index (χ4n) is 1.32. The van der Waals surface area contributed by atoms with Gasteiger partial charge in [-0.25, -0.2) is 8.42 Å². The molecule has 1 N–H and O–H groups in total. The lowest BCUT2D eigenvalue weighted by molar-refractivity contribution is 0.0940. The van der Waals surface area contributed by atoms with Crippen molar-refractivity contribution < 1.29 is 13.2 Å². The molecular weight excluding hydrogens is 330 g/mol. The Morgan fingerprint density at radius 1 is 1.26 bits per heavy atom. The van der Waals surface area contributed by atoms with Crippen LogP contribution in [0.5, 0.6) is 0 Å². The highest BCUT2D eigenvalue weighted by atomic mass is 79.9. The molecule has 0 atom stereocenters. The lowest BCUT2D eigenvalue weighted by atomic mass is 9.97. The second-order valence-electron chi connectivity index (χ2n) is 5.28. The predicted molar refractivity (Wildman–Crippen MR) is 79.5 cm³/mol. The number of benzene rings is 1. The third-order valence-electron chi connectivity index (χ3n) is 2.63. The number of nitrogens with one attached hydrogen (secondary N) is 1. The van der Waals surface area contributed by atoms with Gasteiger partial charge in [-0.15, -0.1) is 0 Å². The summed E-state index contributed by atoms with van der Waals surface area (Å²) < 4.78 is 22.6. The van der Waals surface area contributed by atoms with Crippen molar-refractivity contribution in [2.45, 2.75) is 18.7 Å². The predicted octanol–water partition coefficient (Wildman–Crippen LogP) is 2.24. The Hall–Kier alpha value is -0.880. The zero-order valence-corrected chi connectivity index (χ0v) is 13.6. The number of sulfone groups is 1. The minimum Gasteiger partial charge on any atom is -0.351 e. The number of amides is 1. The van der Waals surface area contributed by atoms with E-state index in [4.69, 9.17) is 0 Å². The molecule has 0 saturated heterocycles. The van der Waals surface area contributed by atoms with E-state index < -0.39 is 9.84 Å². The van der Waals surface area contributed by atoms with Gasteiger partial charge in [0.25, 0.3) is 5.91 Å². The lowest BCUT2D eigenvalue weighted by Gasteiger charge is -2.21. The van der Waals surface area contributed by atoms with E-state index in [1.54, 1.807) is 0 Å². The highest BCUT2D eigenvalue weighted by Gasteiger charge is 2.17. The van der Waals surface area contributed by atoms with Crippen molar-refractivity contribution in [2.75, 3.05) is 18.1 Å². The number of halogens is 1. The molecule has 0 aliphatic heterocycles. The fraction of sp³-hybridized carbons (Fsp3) is 0.462. The second kappa shape index (κ2) is 6.05. The van der Waals surface area contributed by atoms with E-state index in [-0.39, 0.29) is 16.2 Å². The van der Waals surface area contributed by atoms with E-state index in [2.05, 4.69) is 21.2 Å². The summed E-state index contributed by atoms with van der Waals surface area (Å²) in [5.41, 5.74) is 0.431. The van der Waals surface area contributed by atoms with Gasteiger partial charge < -0.3 is 5.32 Å². The fourth-order valence-corrected chi connectivity index (χ4v) is 2.15. The number of carbonyl (C=O) groups is 1. The molecule has 106 valence electrons. The molecule has 0 bridgehead atoms. The van der Waals surface area contributed by atoms with Gasteiger partial charge in [0.1, 0.15) is 0 Å². The van der Waals surface area contributed by atoms with Crippen molar-refractivity contribution in [3.8, 4) is 0 Å². The maximum atomic E-state index is 11.9. The van der Waals surface area contributed by atoms with Crippen LogP contribution in [0, 0.1) is 5.41 Å². The van der Waals surface area contributed by atoms with Crippen LogP contribution in [0.3, 0.4) is 0 Å². The SMILES string of the molecule is CC(C)(CBr)CNC(=O)c1ccc(S(C)(=O)=O)cc1. The molecule has 19 heavy (non-hydrogen) atoms. The zero-order chi connectivity index (χ0) is 14.7. The van der Waals surface area contributed by atoms with Gasteiger partial charge in [0.2, 0.25) is 0 Å². The van der Waals surface area contributed by atoms with Gasteiger partial charge in [-0.05, 0) is 29.7 Å². The largest absolute Gasteiger partial charge is 0.351 e. The average Bonchev–Trinajstić information content (AvgIpc) is 2.35. The van der Waals surface area contributed by atoms with Crippen molar-refractivity contribution in [3.63, 3.8) is 0 Å². The molecule has 0 aliphatic rings. The normalized spacial score (nSPS) is 12.2. The summed E-state index contributed by atoms with van der Waals surface area (Å²) in [7, 11) is -3.22. The Morgan fingerprint density at radius 3 is 2.21 bits per heavy atom. The highest BCUT2D eigenvalue weighted by molar-refractivity contribution is 9.09. The van der Waals surface area contributed by atoms with Gasteiger partial charge in [-0.2, -0.15) is 0 Å². The molecule has 4 nitrogen and oxygen atoms in total. The van der Waals surface area contributed by atoms with Gasteiger partial charge in [-0.3, -0.25) is 4.79 Å². The summed E-state index contributed by atoms with van der Waals surface area (Å²) >= 11 is 3.39. The molecule has 0 heterocycles. The van der Waals surface area contributed by atoms with Crippen LogP contribution in [0.2, 0.25) is 0 Å². The van der Waals surface area contributed by atoms with Crippen LogP contribution < -0.4 is 5.32 Å². The second-order valence-corrected chi connectivity index (χ2v) is 7.85. The molecule has 0 aliphatic carbocycles. The first kappa shape index (κ1) is 16.2. The Kier molecular flexibility index (Phi) is 5.15. The molecule has 0 saturated carbocycles. The maximum absolute atomic E-state index is 11.9. The summed E-state index contributed by atoms with van der Waals surface area (Å²) in [5, 5.41) is 3.61. The van der Waals surface area contributed by atoms with Crippen molar-refractivity contribution in [1.29, 1.82) is 0 Å². The lowest BCUT2D eigenvalue weighted by Crippen LogP contribution is -2.34. The monoisotopic (exact) mass is 347 g/mol. The molecule has 1 aromatic rings. The standard InChI is InChI=1S/C13H18BrNO3S/c1-13(2,8-14)9-15-12(16)10-4-6-11(7-5-10)19(3,17)18/h4-7H,8-9H2,1-3H3,(H,15,16). The molecule has 1 aromatic carbocycles. The molecule has 0 unspecified atom stereocenters. The van der Waals surface area contributed by atoms with Crippen LogP contribution in [-0.2, 0) is 9.84 Å². The number of carbonyl (C=O) groups excluding carboxylic acids is 1. The number of hydrogen-bond acceptors (Lipinski definition) is 3. The van der Waals surface area contributed by atoms with Gasteiger partial charge in [0.15, 0.2) is 9.84 Å². The van der Waals surface area contributed by atoms with E-state index >= 15 is 0 Å². The van der Waals surface area contributed by atoms with Crippen molar-refractivity contribution in [3.05, 3.63) is 29.8 Å². The Bertz CT molecular complexity index is 550. The van der Waals surface area contributed by atoms with E-state index in [0.717, 1.165) is 11.6 Å². The van der Waals surface area contributed by atoms with E-state index in [1.807, 2.05) is 13.8 Å². The molecule has 1 amide bonds. The first-order valence-electron chi connectivity index (χ1n) is 5.80. The van der Waals surface area contributed by atoms with Gasteiger partial charge in [0, 0.05) is 23.7 Å². The first-order chi connectivity index (χ1) is 8.65. The van der Waals surface area contributed by atoms with E-state index in [1.165, 1.54) is 24.3 Å². The number of alkyl halides is 1. The molecule has 0 radical (unpaired) electrons. The molecular formula is C13H18BrNO3S. The summed E-state index contributed by atoms with van der Waals surface area (Å²) in [6.07, 6.45) is 1.14. The van der Waals surface area contributed by atoms with Gasteiger partial charge in [-0.1, -0.05) is 29.8 Å². The van der Waals surface area contributed by atoms with Crippen molar-refractivity contribution in [2.24, 2.45) is 5.41 Å².